The molecule has 0 saturated carbocycles. The summed E-state index contributed by atoms with van der Waals surface area (Å²) in [6.45, 7) is 4.40. The van der Waals surface area contributed by atoms with E-state index in [-0.39, 0.29) is 31.6 Å². The maximum atomic E-state index is 2.38. The third-order valence-electron chi connectivity index (χ3n) is 2.41. The Balaban J connectivity index is 0.000000980. The fourth-order valence-corrected chi connectivity index (χ4v) is 3.93. The number of rotatable bonds is 2. The predicted molar refractivity (Wildman–Crippen MR) is 60.2 cm³/mol. The fraction of sp³-hybridized carbons (Fsp3) is 0.333. The Labute approximate surface area is 101 Å². The molecule has 2 heteroatoms. The van der Waals surface area contributed by atoms with Crippen LogP contribution in [-0.2, 0) is 19.2 Å². The Kier molecular flexibility index (Phi) is 4.44. The van der Waals surface area contributed by atoms with Gasteiger partial charge in [-0.05, 0) is 0 Å². The minimum Gasteiger partial charge on any atom is -0.147 e. The third kappa shape index (κ3) is 2.98. The van der Waals surface area contributed by atoms with Crippen LogP contribution in [0.25, 0.3) is 0 Å². The maximum Gasteiger partial charge on any atom is -0.147 e. The van der Waals surface area contributed by atoms with Crippen LogP contribution in [0, 0.1) is 0 Å². The summed E-state index contributed by atoms with van der Waals surface area (Å²) in [7, 11) is 0. The van der Waals surface area contributed by atoms with Gasteiger partial charge in [-0.1, -0.05) is 0 Å². The van der Waals surface area contributed by atoms with Gasteiger partial charge in [0.25, 0.3) is 0 Å². The van der Waals surface area contributed by atoms with Crippen LogP contribution in [0.1, 0.15) is 26.7 Å². The van der Waals surface area contributed by atoms with Gasteiger partial charge in [-0.3, -0.25) is 0 Å². The summed E-state index contributed by atoms with van der Waals surface area (Å²) in [5.41, 5.74) is 2.92. The number of hydrogen-bond acceptors (Lipinski definition) is 0. The molecule has 0 heterocycles. The van der Waals surface area contributed by atoms with Gasteiger partial charge in [0.05, 0.1) is 0 Å². The Bertz CT molecular complexity index is 311. The van der Waals surface area contributed by atoms with Gasteiger partial charge in [0.1, 0.15) is 0 Å². The van der Waals surface area contributed by atoms with E-state index in [9.17, 15) is 0 Å². The molecule has 0 spiro atoms. The molecule has 0 fully saturated rings. The van der Waals surface area contributed by atoms with E-state index >= 15 is 0 Å². The summed E-state index contributed by atoms with van der Waals surface area (Å²) in [6.07, 6.45) is 11.9. The molecule has 0 bridgehead atoms. The van der Waals surface area contributed by atoms with Crippen molar-refractivity contribution in [3.05, 3.63) is 43.2 Å². The van der Waals surface area contributed by atoms with Gasteiger partial charge in [0.2, 0.25) is 0 Å². The Morgan fingerprint density at radius 2 is 1.36 bits per heavy atom. The van der Waals surface area contributed by atoms with Crippen molar-refractivity contribution in [1.29, 1.82) is 0 Å². The van der Waals surface area contributed by atoms with Crippen LogP contribution in [-0.4, -0.2) is 0 Å². The zero-order valence-electron chi connectivity index (χ0n) is 8.63. The van der Waals surface area contributed by atoms with E-state index in [2.05, 4.69) is 38.2 Å². The summed E-state index contributed by atoms with van der Waals surface area (Å²) < 4.78 is 3.40. The molecule has 0 nitrogen and oxygen atoms in total. The standard InChI is InChI=1S/2C6H7.ClH.Ti/c2*1-6-4-2-3-5-6;;/h2*4-5H,2H2,1H3;1H;. The third-order valence-corrected chi connectivity index (χ3v) is 4.50. The topological polar surface area (TPSA) is 0 Å². The SMILES string of the molecule is CC1=CC[C]([Ti][C]2=CC(C)=CC2)=C1.Cl. The number of hydrogen-bond donors (Lipinski definition) is 0. The molecular formula is C12H15ClTi. The van der Waals surface area contributed by atoms with Gasteiger partial charge in [0, 0.05) is 0 Å². The molecule has 0 atom stereocenters. The first-order chi connectivity index (χ1) is 6.24. The van der Waals surface area contributed by atoms with Crippen LogP contribution >= 0.6 is 12.4 Å². The largest absolute Gasteiger partial charge is 0.147 e. The van der Waals surface area contributed by atoms with Crippen molar-refractivity contribution < 1.29 is 19.2 Å². The Hall–Kier alpha value is -0.0357. The van der Waals surface area contributed by atoms with Crippen LogP contribution in [0.3, 0.4) is 0 Å². The molecule has 0 N–H and O–H groups in total. The van der Waals surface area contributed by atoms with Crippen LogP contribution in [0.4, 0.5) is 0 Å². The number of halogens is 1. The van der Waals surface area contributed by atoms with E-state index in [0.717, 1.165) is 0 Å². The van der Waals surface area contributed by atoms with Gasteiger partial charge in [-0.25, -0.2) is 0 Å². The van der Waals surface area contributed by atoms with E-state index in [4.69, 9.17) is 0 Å². The first-order valence-electron chi connectivity index (χ1n) is 4.76. The second-order valence-corrected chi connectivity index (χ2v) is 6.16. The molecule has 2 aliphatic rings. The molecule has 74 valence electrons. The van der Waals surface area contributed by atoms with Gasteiger partial charge in [-0.15, -0.1) is 12.4 Å². The first kappa shape index (κ1) is 12.0. The fourth-order valence-electron chi connectivity index (χ4n) is 1.71. The van der Waals surface area contributed by atoms with Gasteiger partial charge < -0.3 is 0 Å². The molecule has 0 aliphatic heterocycles. The average Bonchev–Trinajstić information content (AvgIpc) is 2.62. The van der Waals surface area contributed by atoms with Crippen molar-refractivity contribution in [1.82, 2.24) is 0 Å². The molecule has 14 heavy (non-hydrogen) atoms. The van der Waals surface area contributed by atoms with Crippen LogP contribution in [0.15, 0.2) is 43.2 Å². The van der Waals surface area contributed by atoms with Crippen LogP contribution < -0.4 is 0 Å². The Morgan fingerprint density at radius 1 is 0.929 bits per heavy atom. The average molecular weight is 243 g/mol. The van der Waals surface area contributed by atoms with Crippen molar-refractivity contribution >= 4 is 12.4 Å². The van der Waals surface area contributed by atoms with Crippen LogP contribution in [0.5, 0.6) is 0 Å². The smallest absolute Gasteiger partial charge is 0.147 e. The summed E-state index contributed by atoms with van der Waals surface area (Å²) >= 11 is 0.0450. The van der Waals surface area contributed by atoms with Crippen molar-refractivity contribution in [2.24, 2.45) is 0 Å². The first-order valence-corrected chi connectivity index (χ1v) is 6.32. The van der Waals surface area contributed by atoms with Gasteiger partial charge >= 0.3 is 89.0 Å². The van der Waals surface area contributed by atoms with Crippen molar-refractivity contribution in [2.45, 2.75) is 26.7 Å². The molecule has 2 aliphatic carbocycles. The van der Waals surface area contributed by atoms with Crippen LogP contribution in [0.2, 0.25) is 0 Å². The molecule has 0 aromatic carbocycles. The summed E-state index contributed by atoms with van der Waals surface area (Å²) in [4.78, 5) is 0. The molecule has 0 saturated heterocycles. The molecule has 0 radical (unpaired) electrons. The quantitative estimate of drug-likeness (QED) is 0.643. The molecular weight excluding hydrogens is 227 g/mol. The monoisotopic (exact) mass is 242 g/mol. The van der Waals surface area contributed by atoms with Gasteiger partial charge in [-0.2, -0.15) is 0 Å². The van der Waals surface area contributed by atoms with Crippen molar-refractivity contribution in [2.75, 3.05) is 0 Å². The zero-order chi connectivity index (χ0) is 9.26. The number of allylic oxidation sites excluding steroid dienone is 8. The Morgan fingerprint density at radius 3 is 1.64 bits per heavy atom. The van der Waals surface area contributed by atoms with E-state index in [0.29, 0.717) is 0 Å². The zero-order valence-corrected chi connectivity index (χ0v) is 11.0. The van der Waals surface area contributed by atoms with E-state index in [1.807, 2.05) is 0 Å². The molecule has 0 amide bonds. The molecule has 0 unspecified atom stereocenters. The minimum atomic E-state index is 0. The van der Waals surface area contributed by atoms with Crippen molar-refractivity contribution in [3.8, 4) is 0 Å². The summed E-state index contributed by atoms with van der Waals surface area (Å²) in [5, 5.41) is 0. The second kappa shape index (κ2) is 5.16. The van der Waals surface area contributed by atoms with E-state index < -0.39 is 0 Å². The van der Waals surface area contributed by atoms with E-state index in [1.54, 1.807) is 7.76 Å². The molecule has 0 aromatic heterocycles. The van der Waals surface area contributed by atoms with E-state index in [1.165, 1.54) is 24.0 Å². The summed E-state index contributed by atoms with van der Waals surface area (Å²) in [6, 6.07) is 0. The summed E-state index contributed by atoms with van der Waals surface area (Å²) in [5.74, 6) is 0. The normalized spacial score (nSPS) is 19.3. The molecule has 2 rings (SSSR count). The predicted octanol–water partition coefficient (Wildman–Crippen LogP) is 3.96. The molecule has 0 aromatic rings. The van der Waals surface area contributed by atoms with Gasteiger partial charge in [0.15, 0.2) is 0 Å². The maximum absolute atomic E-state index is 2.38. The van der Waals surface area contributed by atoms with Crippen molar-refractivity contribution in [3.63, 3.8) is 0 Å². The minimum absolute atomic E-state index is 0. The second-order valence-electron chi connectivity index (χ2n) is 3.77.